The van der Waals surface area contributed by atoms with Crippen LogP contribution in [-0.2, 0) is 19.3 Å². The molecule has 0 radical (unpaired) electrons. The third kappa shape index (κ3) is 3.28. The summed E-state index contributed by atoms with van der Waals surface area (Å²) >= 11 is 0. The molecule has 6 aromatic carbocycles. The molecule has 0 fully saturated rings. The van der Waals surface area contributed by atoms with Gasteiger partial charge in [-0.1, -0.05) is 74.9 Å². The Kier molecular flexibility index (Phi) is 5.27. The molecule has 226 valence electrons. The van der Waals surface area contributed by atoms with Crippen molar-refractivity contribution in [1.29, 1.82) is 0 Å². The third-order valence-electron chi connectivity index (χ3n) is 10.9. The molecule has 2 aliphatic heterocycles. The molecule has 4 heteroatoms. The van der Waals surface area contributed by atoms with Gasteiger partial charge >= 0.3 is 0 Å². The summed E-state index contributed by atoms with van der Waals surface area (Å²) in [5.74, 6) is 0. The van der Waals surface area contributed by atoms with Crippen molar-refractivity contribution in [1.82, 2.24) is 9.97 Å². The predicted molar refractivity (Wildman–Crippen MR) is 194 cm³/mol. The highest BCUT2D eigenvalue weighted by Gasteiger charge is 2.46. The zero-order valence-electron chi connectivity index (χ0n) is 27.8. The van der Waals surface area contributed by atoms with Crippen LogP contribution in [0.2, 0.25) is 0 Å². The maximum absolute atomic E-state index is 5.29. The molecule has 0 bridgehead atoms. The molecule has 2 aromatic heterocycles. The molecule has 0 amide bonds. The number of hydrogen-bond donors (Lipinski definition) is 0. The predicted octanol–water partition coefficient (Wildman–Crippen LogP) is 9.13. The summed E-state index contributed by atoms with van der Waals surface area (Å²) in [6.07, 6.45) is 7.46. The minimum Gasteiger partial charge on any atom is -0.240 e. The van der Waals surface area contributed by atoms with Crippen LogP contribution in [0.4, 0.5) is 0 Å². The van der Waals surface area contributed by atoms with Gasteiger partial charge < -0.3 is 0 Å². The van der Waals surface area contributed by atoms with Crippen LogP contribution >= 0.6 is 0 Å². The molecule has 0 spiro atoms. The molecule has 0 atom stereocenters. The van der Waals surface area contributed by atoms with Gasteiger partial charge in [0.1, 0.15) is 22.4 Å². The molecular weight excluding hydrogens is 573 g/mol. The first-order valence-corrected chi connectivity index (χ1v) is 17.1. The normalized spacial score (nSPS) is 15.0. The second-order valence-corrected chi connectivity index (χ2v) is 13.6. The van der Waals surface area contributed by atoms with E-state index in [1.54, 1.807) is 0 Å². The van der Waals surface area contributed by atoms with Gasteiger partial charge in [0, 0.05) is 10.8 Å². The van der Waals surface area contributed by atoms with Crippen molar-refractivity contribution in [2.45, 2.75) is 60.8 Å². The van der Waals surface area contributed by atoms with Crippen molar-refractivity contribution in [2.24, 2.45) is 0 Å². The van der Waals surface area contributed by atoms with Crippen molar-refractivity contribution < 1.29 is 9.13 Å². The van der Waals surface area contributed by atoms with Crippen LogP contribution in [0.15, 0.2) is 73.1 Å². The highest BCUT2D eigenvalue weighted by molar-refractivity contribution is 6.29. The molecule has 4 heterocycles. The monoisotopic (exact) mass is 608 g/mol. The first-order chi connectivity index (χ1) is 22.9. The lowest BCUT2D eigenvalue weighted by Crippen LogP contribution is -2.40. The molecule has 10 rings (SSSR count). The van der Waals surface area contributed by atoms with Gasteiger partial charge in [-0.3, -0.25) is 0 Å². The van der Waals surface area contributed by atoms with Gasteiger partial charge in [0.05, 0.1) is 21.9 Å². The van der Waals surface area contributed by atoms with Crippen LogP contribution in [-0.4, -0.2) is 9.97 Å². The fourth-order valence-electron chi connectivity index (χ4n) is 8.85. The zero-order valence-corrected chi connectivity index (χ0v) is 27.8. The Balaban J connectivity index is 1.50. The second kappa shape index (κ2) is 9.19. The highest BCUT2D eigenvalue weighted by Crippen LogP contribution is 2.48. The SMILES string of the molecule is CCc1ccc2c(c1)c1nc(C)c[n+]3c1c1c(c(CC)ccc21)C3=C1c2c(CC)ccc3c4ccc(C)cc4c4nc(C)c[n+]1c4c23. The molecule has 0 N–H and O–H groups in total. The van der Waals surface area contributed by atoms with Crippen LogP contribution in [0.5, 0.6) is 0 Å². The smallest absolute Gasteiger partial charge is 0.240 e. The Morgan fingerprint density at radius 1 is 0.511 bits per heavy atom. The molecule has 0 aliphatic carbocycles. The fourth-order valence-corrected chi connectivity index (χ4v) is 8.85. The van der Waals surface area contributed by atoms with Crippen LogP contribution in [0.25, 0.3) is 76.6 Å². The van der Waals surface area contributed by atoms with Gasteiger partial charge in [-0.05, 0) is 90.4 Å². The summed E-state index contributed by atoms with van der Waals surface area (Å²) in [5.41, 5.74) is 17.2. The number of nitrogens with zero attached hydrogens (tertiary/aromatic N) is 4. The van der Waals surface area contributed by atoms with E-state index in [2.05, 4.69) is 124 Å². The summed E-state index contributed by atoms with van der Waals surface area (Å²) in [7, 11) is 0. The van der Waals surface area contributed by atoms with Crippen molar-refractivity contribution >= 4 is 76.6 Å². The average Bonchev–Trinajstić information content (AvgIpc) is 3.59. The van der Waals surface area contributed by atoms with E-state index in [9.17, 15) is 0 Å². The molecule has 0 unspecified atom stereocenters. The van der Waals surface area contributed by atoms with Crippen LogP contribution in [0, 0.1) is 20.8 Å². The average molecular weight is 609 g/mol. The lowest BCUT2D eigenvalue weighted by molar-refractivity contribution is -0.576. The van der Waals surface area contributed by atoms with Gasteiger partial charge in [0.15, 0.2) is 12.4 Å². The van der Waals surface area contributed by atoms with Gasteiger partial charge in [-0.15, -0.1) is 9.13 Å². The van der Waals surface area contributed by atoms with Crippen molar-refractivity contribution in [3.63, 3.8) is 0 Å². The topological polar surface area (TPSA) is 33.5 Å². The molecule has 2 aliphatic rings. The Hall–Kier alpha value is -5.22. The van der Waals surface area contributed by atoms with Crippen LogP contribution in [0.1, 0.15) is 65.5 Å². The minimum absolute atomic E-state index is 0.952. The van der Waals surface area contributed by atoms with E-state index in [1.807, 2.05) is 0 Å². The highest BCUT2D eigenvalue weighted by atomic mass is 15.1. The number of aromatic nitrogens is 4. The van der Waals surface area contributed by atoms with E-state index in [4.69, 9.17) is 9.97 Å². The Morgan fingerprint density at radius 2 is 1.00 bits per heavy atom. The number of benzene rings is 6. The number of rotatable bonds is 3. The number of aryl methyl sites for hydroxylation is 6. The van der Waals surface area contributed by atoms with Gasteiger partial charge in [0.2, 0.25) is 11.0 Å². The van der Waals surface area contributed by atoms with E-state index in [0.29, 0.717) is 0 Å². The van der Waals surface area contributed by atoms with Gasteiger partial charge in [-0.25, -0.2) is 9.97 Å². The van der Waals surface area contributed by atoms with Crippen molar-refractivity contribution in [3.05, 3.63) is 118 Å². The van der Waals surface area contributed by atoms with E-state index in [0.717, 1.165) is 41.7 Å². The lowest BCUT2D eigenvalue weighted by atomic mass is 9.89. The second-order valence-electron chi connectivity index (χ2n) is 13.6. The van der Waals surface area contributed by atoms with Gasteiger partial charge in [-0.2, -0.15) is 0 Å². The first kappa shape index (κ1) is 26.9. The van der Waals surface area contributed by atoms with Crippen molar-refractivity contribution in [3.8, 4) is 0 Å². The molecule has 4 nitrogen and oxygen atoms in total. The molecule has 47 heavy (non-hydrogen) atoms. The minimum atomic E-state index is 0.952. The number of fused-ring (bicyclic) bond motifs is 6. The fraction of sp³-hybridized carbons (Fsp3) is 0.209. The van der Waals surface area contributed by atoms with E-state index < -0.39 is 0 Å². The third-order valence-corrected chi connectivity index (χ3v) is 10.9. The summed E-state index contributed by atoms with van der Waals surface area (Å²) in [5, 5.41) is 10.3. The maximum Gasteiger partial charge on any atom is 0.292 e. The molecular formula is C43H36N4+2. The standard InChI is InChI=1S/C43H36N4/c1-7-25-11-15-29-31-17-13-27(9-3)35-37(31)41-39(33(29)19-25)45-24(6)21-47(41)43(35)42-34-26(8-2)12-16-30-28-14-10-22(4)18-32(28)38-40(36(30)34)46(42)20-23(5)44-38/h10-21H,7-9H2,1-6H3/q+2. The molecule has 8 aromatic rings. The van der Waals surface area contributed by atoms with E-state index >= 15 is 0 Å². The quantitative estimate of drug-likeness (QED) is 0.148. The molecule has 0 saturated carbocycles. The lowest BCUT2D eigenvalue weighted by Gasteiger charge is -2.09. The summed E-state index contributed by atoms with van der Waals surface area (Å²) in [6.45, 7) is 13.3. The van der Waals surface area contributed by atoms with Crippen molar-refractivity contribution in [2.75, 3.05) is 0 Å². The largest absolute Gasteiger partial charge is 0.292 e. The van der Waals surface area contributed by atoms with Crippen LogP contribution < -0.4 is 9.13 Å². The zero-order chi connectivity index (χ0) is 31.9. The Labute approximate surface area is 273 Å². The Morgan fingerprint density at radius 3 is 1.51 bits per heavy atom. The summed E-state index contributed by atoms with van der Waals surface area (Å²) < 4.78 is 5.00. The first-order valence-electron chi connectivity index (χ1n) is 17.1. The summed E-state index contributed by atoms with van der Waals surface area (Å²) in [4.78, 5) is 10.6. The number of hydrogen-bond acceptors (Lipinski definition) is 2. The Bertz CT molecular complexity index is 2820. The van der Waals surface area contributed by atoms with E-state index in [1.165, 1.54) is 98.9 Å². The van der Waals surface area contributed by atoms with Gasteiger partial charge in [0.25, 0.3) is 11.4 Å². The maximum atomic E-state index is 5.29. The van der Waals surface area contributed by atoms with E-state index in [-0.39, 0.29) is 0 Å². The molecule has 0 saturated heterocycles. The summed E-state index contributed by atoms with van der Waals surface area (Å²) in [6, 6.07) is 23.3. The van der Waals surface area contributed by atoms with Crippen LogP contribution in [0.3, 0.4) is 0 Å².